The van der Waals surface area contributed by atoms with Crippen LogP contribution in [0.15, 0.2) is 194 Å². The summed E-state index contributed by atoms with van der Waals surface area (Å²) in [5, 5.41) is 2.52. The number of aromatic nitrogens is 2. The summed E-state index contributed by atoms with van der Waals surface area (Å²) in [5.74, 6) is 0.542. The van der Waals surface area contributed by atoms with E-state index in [0.29, 0.717) is 5.95 Å². The van der Waals surface area contributed by atoms with Crippen LogP contribution < -0.4 is 15.5 Å². The molecule has 10 rings (SSSR count). The molecule has 0 saturated heterocycles. The predicted molar refractivity (Wildman–Crippen MR) is 219 cm³/mol. The molecule has 0 radical (unpaired) electrons. The van der Waals surface area contributed by atoms with Crippen molar-refractivity contribution in [1.82, 2.24) is 9.97 Å². The molecule has 1 unspecified atom stereocenters. The lowest BCUT2D eigenvalue weighted by Crippen LogP contribution is -2.19. The standard InChI is InChI=1S/C48H32N3OP/c52-53(37-24-16-23-36(31-37)33-17-4-1-5-18-33)45-30-15-12-27-40(45)46-38-25-10-13-28-43(38)51(44-29-14-11-26-39(44)47(46)53)48-49-41(34-19-6-2-7-20-34)32-42(50-48)35-21-8-3-9-22-35/h1-32H. The van der Waals surface area contributed by atoms with Crippen molar-refractivity contribution >= 4 is 46.0 Å². The van der Waals surface area contributed by atoms with Gasteiger partial charge in [0.1, 0.15) is 0 Å². The molecule has 4 nitrogen and oxygen atoms in total. The Morgan fingerprint density at radius 2 is 0.906 bits per heavy atom. The normalized spacial score (nSPS) is 15.6. The van der Waals surface area contributed by atoms with Crippen LogP contribution in [0.25, 0.3) is 44.5 Å². The largest absolute Gasteiger partial charge is 0.309 e. The van der Waals surface area contributed by atoms with Crippen molar-refractivity contribution in [1.29, 1.82) is 0 Å². The molecule has 0 spiro atoms. The van der Waals surface area contributed by atoms with Crippen molar-refractivity contribution < 1.29 is 4.57 Å². The lowest BCUT2D eigenvalue weighted by atomic mass is 9.95. The molecule has 0 amide bonds. The molecule has 2 aliphatic rings. The monoisotopic (exact) mass is 697 g/mol. The minimum Gasteiger partial charge on any atom is -0.309 e. The highest BCUT2D eigenvalue weighted by Gasteiger charge is 2.46. The fourth-order valence-electron chi connectivity index (χ4n) is 7.86. The zero-order chi connectivity index (χ0) is 35.4. The van der Waals surface area contributed by atoms with E-state index in [9.17, 15) is 0 Å². The smallest absolute Gasteiger partial charge is 0.235 e. The van der Waals surface area contributed by atoms with Crippen molar-refractivity contribution in [3.05, 3.63) is 211 Å². The van der Waals surface area contributed by atoms with Gasteiger partial charge in [0.15, 0.2) is 7.14 Å². The van der Waals surface area contributed by atoms with E-state index in [-0.39, 0.29) is 0 Å². The number of anilines is 3. The Bertz CT molecular complexity index is 2700. The van der Waals surface area contributed by atoms with Gasteiger partial charge in [0.05, 0.1) is 22.8 Å². The van der Waals surface area contributed by atoms with Gasteiger partial charge in [0.25, 0.3) is 0 Å². The molecule has 7 aromatic carbocycles. The van der Waals surface area contributed by atoms with Crippen LogP contribution in [0.2, 0.25) is 0 Å². The quantitative estimate of drug-likeness (QED) is 0.168. The maximum Gasteiger partial charge on any atom is 0.235 e. The van der Waals surface area contributed by atoms with Crippen LogP contribution in [0.5, 0.6) is 0 Å². The first kappa shape index (κ1) is 31.2. The Morgan fingerprint density at radius 3 is 1.55 bits per heavy atom. The maximum absolute atomic E-state index is 16.5. The minimum atomic E-state index is -3.43. The van der Waals surface area contributed by atoms with Gasteiger partial charge in [-0.15, -0.1) is 0 Å². The molecular formula is C48H32N3OP. The highest BCUT2D eigenvalue weighted by molar-refractivity contribution is 7.88. The molecule has 0 saturated carbocycles. The number of nitrogens with zero attached hydrogens (tertiary/aromatic N) is 3. The SMILES string of the molecule is O=P1(c2cccc(-c3ccccc3)c2)C2=C(c3ccccc3N(c3nc(-c4ccccc4)cc(-c4ccccc4)n3)c3ccccc32)c2ccccc21. The summed E-state index contributed by atoms with van der Waals surface area (Å²) in [6, 6.07) is 66.1. The molecule has 53 heavy (non-hydrogen) atoms. The summed E-state index contributed by atoms with van der Waals surface area (Å²) in [6.07, 6.45) is 0. The summed E-state index contributed by atoms with van der Waals surface area (Å²) in [5.41, 5.74) is 11.4. The second-order valence-electron chi connectivity index (χ2n) is 13.3. The number of hydrogen-bond acceptors (Lipinski definition) is 4. The van der Waals surface area contributed by atoms with Crippen LogP contribution in [0.3, 0.4) is 0 Å². The number of fused-ring (bicyclic) bond motifs is 6. The summed E-state index contributed by atoms with van der Waals surface area (Å²) in [6.45, 7) is 0. The number of rotatable bonds is 5. The van der Waals surface area contributed by atoms with Crippen LogP contribution in [0, 0.1) is 0 Å². The first-order valence-corrected chi connectivity index (χ1v) is 19.5. The van der Waals surface area contributed by atoms with E-state index in [1.54, 1.807) is 0 Å². The summed E-state index contributed by atoms with van der Waals surface area (Å²) in [4.78, 5) is 12.8. The average molecular weight is 698 g/mol. The molecule has 0 fully saturated rings. The average Bonchev–Trinajstić information content (AvgIpc) is 3.42. The summed E-state index contributed by atoms with van der Waals surface area (Å²) >= 11 is 0. The summed E-state index contributed by atoms with van der Waals surface area (Å²) < 4.78 is 16.5. The first-order valence-electron chi connectivity index (χ1n) is 17.8. The Kier molecular flexibility index (Phi) is 7.38. The van der Waals surface area contributed by atoms with E-state index in [2.05, 4.69) is 114 Å². The Hall–Kier alpha value is -6.61. The third-order valence-corrected chi connectivity index (χ3v) is 13.4. The molecular weight excluding hydrogens is 666 g/mol. The Balaban J connectivity index is 1.26. The topological polar surface area (TPSA) is 46.1 Å². The molecule has 1 atom stereocenters. The fourth-order valence-corrected chi connectivity index (χ4v) is 11.2. The molecule has 5 heteroatoms. The van der Waals surface area contributed by atoms with Crippen molar-refractivity contribution in [3.8, 4) is 33.6 Å². The van der Waals surface area contributed by atoms with Crippen molar-refractivity contribution in [3.63, 3.8) is 0 Å². The molecule has 8 aromatic rings. The van der Waals surface area contributed by atoms with Gasteiger partial charge < -0.3 is 4.57 Å². The van der Waals surface area contributed by atoms with E-state index < -0.39 is 7.14 Å². The van der Waals surface area contributed by atoms with E-state index >= 15 is 4.57 Å². The minimum absolute atomic E-state index is 0.542. The van der Waals surface area contributed by atoms with Gasteiger partial charge in [-0.3, -0.25) is 4.90 Å². The number of hydrogen-bond donors (Lipinski definition) is 0. The highest BCUT2D eigenvalue weighted by Crippen LogP contribution is 2.68. The van der Waals surface area contributed by atoms with E-state index in [4.69, 9.17) is 9.97 Å². The van der Waals surface area contributed by atoms with Crippen LogP contribution in [-0.4, -0.2) is 9.97 Å². The van der Waals surface area contributed by atoms with Crippen molar-refractivity contribution in [2.45, 2.75) is 0 Å². The maximum atomic E-state index is 16.5. The predicted octanol–water partition coefficient (Wildman–Crippen LogP) is 11.5. The van der Waals surface area contributed by atoms with E-state index in [1.165, 1.54) is 0 Å². The second-order valence-corrected chi connectivity index (χ2v) is 16.0. The fraction of sp³-hybridized carbons (Fsp3) is 0. The summed E-state index contributed by atoms with van der Waals surface area (Å²) in [7, 11) is -3.43. The highest BCUT2D eigenvalue weighted by atomic mass is 31.2. The van der Waals surface area contributed by atoms with Gasteiger partial charge >= 0.3 is 0 Å². The van der Waals surface area contributed by atoms with Gasteiger partial charge in [0.2, 0.25) is 5.95 Å². The number of para-hydroxylation sites is 2. The molecule has 2 aliphatic heterocycles. The van der Waals surface area contributed by atoms with Gasteiger partial charge in [-0.2, -0.15) is 0 Å². The molecule has 1 aromatic heterocycles. The van der Waals surface area contributed by atoms with Gasteiger partial charge in [0, 0.05) is 43.8 Å². The van der Waals surface area contributed by atoms with Gasteiger partial charge in [-0.1, -0.05) is 170 Å². The Labute approximate surface area is 308 Å². The van der Waals surface area contributed by atoms with Crippen LogP contribution >= 0.6 is 7.14 Å². The molecule has 3 heterocycles. The molecule has 0 aliphatic carbocycles. The second kappa shape index (κ2) is 12.6. The molecule has 250 valence electrons. The first-order chi connectivity index (χ1) is 26.2. The van der Waals surface area contributed by atoms with Crippen LogP contribution in [0.1, 0.15) is 16.7 Å². The zero-order valence-electron chi connectivity index (χ0n) is 28.7. The van der Waals surface area contributed by atoms with Crippen LogP contribution in [0.4, 0.5) is 17.3 Å². The lowest BCUT2D eigenvalue weighted by Gasteiger charge is -2.28. The Morgan fingerprint density at radius 1 is 0.415 bits per heavy atom. The van der Waals surface area contributed by atoms with Gasteiger partial charge in [-0.25, -0.2) is 9.97 Å². The van der Waals surface area contributed by atoms with Crippen LogP contribution in [-0.2, 0) is 4.57 Å². The molecule has 0 bridgehead atoms. The van der Waals surface area contributed by atoms with E-state index in [1.807, 2.05) is 84.9 Å². The van der Waals surface area contributed by atoms with Crippen molar-refractivity contribution in [2.75, 3.05) is 4.90 Å². The number of benzene rings is 7. The third-order valence-electron chi connectivity index (χ3n) is 10.2. The molecule has 0 N–H and O–H groups in total. The third kappa shape index (κ3) is 5.03. The van der Waals surface area contributed by atoms with Crippen molar-refractivity contribution in [2.24, 2.45) is 0 Å². The lowest BCUT2D eigenvalue weighted by molar-refractivity contribution is 0.593. The van der Waals surface area contributed by atoms with Gasteiger partial charge in [-0.05, 0) is 41.0 Å². The van der Waals surface area contributed by atoms with E-state index in [0.717, 1.165) is 83.2 Å². The zero-order valence-corrected chi connectivity index (χ0v) is 29.6.